The Kier molecular flexibility index (Phi) is 14.0. The molecule has 5 nitrogen and oxygen atoms in total. The van der Waals surface area contributed by atoms with Crippen LogP contribution in [0, 0.1) is 0 Å². The molecular formula is C32H46N2O3S. The number of anilines is 1. The summed E-state index contributed by atoms with van der Waals surface area (Å²) < 4.78 is 11.6. The first kappa shape index (κ1) is 29.9. The van der Waals surface area contributed by atoms with Crippen molar-refractivity contribution in [2.24, 2.45) is 0 Å². The molecule has 0 aromatic heterocycles. The van der Waals surface area contributed by atoms with E-state index in [0.29, 0.717) is 23.7 Å². The number of rotatable bonds is 19. The Morgan fingerprint density at radius 3 is 2.16 bits per heavy atom. The first-order valence-electron chi connectivity index (χ1n) is 14.4. The SMILES string of the molecule is CCCCCCCCCCCCCCOc1c(OC)cccc1C(=O)Nc1ccc(CN2C=CSC2)cc1. The number of nitrogens with zero attached hydrogens (tertiary/aromatic N) is 1. The van der Waals surface area contributed by atoms with E-state index in [0.717, 1.165) is 31.0 Å². The number of amides is 1. The summed E-state index contributed by atoms with van der Waals surface area (Å²) in [5.41, 5.74) is 2.47. The Morgan fingerprint density at radius 2 is 1.55 bits per heavy atom. The van der Waals surface area contributed by atoms with Crippen LogP contribution in [0.5, 0.6) is 11.5 Å². The highest BCUT2D eigenvalue weighted by atomic mass is 32.2. The van der Waals surface area contributed by atoms with Crippen LogP contribution in [0.25, 0.3) is 0 Å². The smallest absolute Gasteiger partial charge is 0.259 e. The van der Waals surface area contributed by atoms with Crippen LogP contribution >= 0.6 is 11.8 Å². The topological polar surface area (TPSA) is 50.8 Å². The molecule has 0 radical (unpaired) electrons. The van der Waals surface area contributed by atoms with E-state index >= 15 is 0 Å². The van der Waals surface area contributed by atoms with Crippen LogP contribution < -0.4 is 14.8 Å². The Bertz CT molecular complexity index is 977. The molecule has 6 heteroatoms. The molecule has 208 valence electrons. The largest absolute Gasteiger partial charge is 0.493 e. The second-order valence-electron chi connectivity index (χ2n) is 10.1. The maximum absolute atomic E-state index is 13.1. The summed E-state index contributed by atoms with van der Waals surface area (Å²) in [6, 6.07) is 13.5. The quantitative estimate of drug-likeness (QED) is 0.181. The lowest BCUT2D eigenvalue weighted by Gasteiger charge is -2.16. The molecule has 0 aliphatic carbocycles. The average molecular weight is 539 g/mol. The predicted octanol–water partition coefficient (Wildman–Crippen LogP) is 9.00. The van der Waals surface area contributed by atoms with Crippen molar-refractivity contribution in [3.05, 3.63) is 65.2 Å². The Balaban J connectivity index is 1.39. The zero-order valence-electron chi connectivity index (χ0n) is 23.4. The molecule has 0 fully saturated rings. The predicted molar refractivity (Wildman–Crippen MR) is 161 cm³/mol. The minimum Gasteiger partial charge on any atom is -0.493 e. The van der Waals surface area contributed by atoms with E-state index in [1.165, 1.54) is 69.8 Å². The van der Waals surface area contributed by atoms with Crippen LogP contribution in [-0.2, 0) is 6.54 Å². The van der Waals surface area contributed by atoms with E-state index in [9.17, 15) is 4.79 Å². The van der Waals surface area contributed by atoms with E-state index in [-0.39, 0.29) is 5.91 Å². The van der Waals surface area contributed by atoms with Crippen LogP contribution in [0.1, 0.15) is 99.9 Å². The van der Waals surface area contributed by atoms with Gasteiger partial charge in [0.25, 0.3) is 5.91 Å². The summed E-state index contributed by atoms with van der Waals surface area (Å²) in [4.78, 5) is 15.4. The Morgan fingerprint density at radius 1 is 0.895 bits per heavy atom. The van der Waals surface area contributed by atoms with Crippen molar-refractivity contribution in [1.82, 2.24) is 4.90 Å². The van der Waals surface area contributed by atoms with Crippen molar-refractivity contribution in [2.75, 3.05) is 24.9 Å². The van der Waals surface area contributed by atoms with Crippen molar-refractivity contribution in [1.29, 1.82) is 0 Å². The van der Waals surface area contributed by atoms with E-state index in [4.69, 9.17) is 9.47 Å². The fourth-order valence-corrected chi connectivity index (χ4v) is 5.37. The number of methoxy groups -OCH3 is 1. The van der Waals surface area contributed by atoms with Crippen LogP contribution in [0.3, 0.4) is 0 Å². The zero-order valence-corrected chi connectivity index (χ0v) is 24.2. The summed E-state index contributed by atoms with van der Waals surface area (Å²) in [5, 5.41) is 5.13. The van der Waals surface area contributed by atoms with Crippen molar-refractivity contribution in [3.8, 4) is 11.5 Å². The third-order valence-corrected chi connectivity index (χ3v) is 7.69. The molecule has 38 heavy (non-hydrogen) atoms. The lowest BCUT2D eigenvalue weighted by molar-refractivity contribution is 0.102. The molecule has 0 bridgehead atoms. The lowest BCUT2D eigenvalue weighted by atomic mass is 10.1. The molecule has 1 aliphatic heterocycles. The minimum atomic E-state index is -0.194. The highest BCUT2D eigenvalue weighted by Gasteiger charge is 2.17. The fourth-order valence-electron chi connectivity index (χ4n) is 4.66. The van der Waals surface area contributed by atoms with Crippen LogP contribution in [0.15, 0.2) is 54.1 Å². The maximum atomic E-state index is 13.1. The maximum Gasteiger partial charge on any atom is 0.259 e. The molecule has 2 aromatic rings. The number of carbonyl (C=O) groups is 1. The number of unbranched alkanes of at least 4 members (excludes halogenated alkanes) is 11. The number of hydrogen-bond donors (Lipinski definition) is 1. The summed E-state index contributed by atoms with van der Waals surface area (Å²) in [5.74, 6) is 1.89. The van der Waals surface area contributed by atoms with E-state index in [2.05, 4.69) is 40.9 Å². The number of thioether (sulfide) groups is 1. The standard InChI is InChI=1S/C32H46N2O3S/c1-3-4-5-6-7-8-9-10-11-12-13-14-23-37-31-29(16-15-17-30(31)36-2)32(35)33-28-20-18-27(19-21-28)25-34-22-24-38-26-34/h15-22,24H,3-14,23,25-26H2,1-2H3,(H,33,35). The molecule has 0 saturated heterocycles. The highest BCUT2D eigenvalue weighted by Crippen LogP contribution is 2.32. The number of para-hydroxylation sites is 1. The van der Waals surface area contributed by atoms with Gasteiger partial charge in [0, 0.05) is 18.4 Å². The number of hydrogen-bond acceptors (Lipinski definition) is 5. The number of ether oxygens (including phenoxy) is 2. The van der Waals surface area contributed by atoms with Gasteiger partial charge in [-0.2, -0.15) is 0 Å². The van der Waals surface area contributed by atoms with Gasteiger partial charge in [-0.05, 0) is 41.7 Å². The van der Waals surface area contributed by atoms with Gasteiger partial charge in [0.15, 0.2) is 11.5 Å². The first-order valence-corrected chi connectivity index (χ1v) is 15.5. The number of nitrogens with one attached hydrogen (secondary N) is 1. The average Bonchev–Trinajstić information content (AvgIpc) is 3.45. The van der Waals surface area contributed by atoms with Gasteiger partial charge in [-0.25, -0.2) is 0 Å². The molecule has 1 aliphatic rings. The fraction of sp³-hybridized carbons (Fsp3) is 0.531. The van der Waals surface area contributed by atoms with Gasteiger partial charge in [-0.1, -0.05) is 95.8 Å². The molecule has 0 unspecified atom stereocenters. The molecule has 1 amide bonds. The minimum absolute atomic E-state index is 0.194. The monoisotopic (exact) mass is 538 g/mol. The van der Waals surface area contributed by atoms with Gasteiger partial charge in [0.2, 0.25) is 0 Å². The van der Waals surface area contributed by atoms with Gasteiger partial charge in [0.1, 0.15) is 0 Å². The van der Waals surface area contributed by atoms with Crippen molar-refractivity contribution in [3.63, 3.8) is 0 Å². The van der Waals surface area contributed by atoms with E-state index in [1.807, 2.05) is 24.3 Å². The summed E-state index contributed by atoms with van der Waals surface area (Å²) in [7, 11) is 1.61. The second-order valence-corrected chi connectivity index (χ2v) is 10.9. The molecule has 0 saturated carbocycles. The second kappa shape index (κ2) is 17.8. The molecular weight excluding hydrogens is 492 g/mol. The molecule has 0 atom stereocenters. The van der Waals surface area contributed by atoms with Gasteiger partial charge < -0.3 is 19.7 Å². The first-order chi connectivity index (χ1) is 18.7. The summed E-state index contributed by atoms with van der Waals surface area (Å²) >= 11 is 1.80. The van der Waals surface area contributed by atoms with Crippen molar-refractivity contribution in [2.45, 2.75) is 90.5 Å². The molecule has 1 heterocycles. The van der Waals surface area contributed by atoms with Crippen molar-refractivity contribution >= 4 is 23.4 Å². The number of benzene rings is 2. The molecule has 3 rings (SSSR count). The normalized spacial score (nSPS) is 12.6. The molecule has 1 N–H and O–H groups in total. The van der Waals surface area contributed by atoms with E-state index in [1.54, 1.807) is 24.9 Å². The third kappa shape index (κ3) is 10.6. The highest BCUT2D eigenvalue weighted by molar-refractivity contribution is 8.02. The van der Waals surface area contributed by atoms with E-state index < -0.39 is 0 Å². The van der Waals surface area contributed by atoms with Gasteiger partial charge >= 0.3 is 0 Å². The van der Waals surface area contributed by atoms with Crippen LogP contribution in [-0.4, -0.2) is 30.4 Å². The van der Waals surface area contributed by atoms with Crippen molar-refractivity contribution < 1.29 is 14.3 Å². The van der Waals surface area contributed by atoms with Gasteiger partial charge in [0.05, 0.1) is 25.2 Å². The van der Waals surface area contributed by atoms with Gasteiger partial charge in [-0.3, -0.25) is 4.79 Å². The zero-order chi connectivity index (χ0) is 26.8. The summed E-state index contributed by atoms with van der Waals surface area (Å²) in [6.07, 6.45) is 17.7. The Labute approximate surface area is 234 Å². The lowest BCUT2D eigenvalue weighted by Crippen LogP contribution is -2.15. The Hall–Kier alpha value is -2.60. The summed E-state index contributed by atoms with van der Waals surface area (Å²) in [6.45, 7) is 3.71. The third-order valence-electron chi connectivity index (χ3n) is 6.89. The number of carbonyl (C=O) groups excluding carboxylic acids is 1. The molecule has 0 spiro atoms. The van der Waals surface area contributed by atoms with Gasteiger partial charge in [-0.15, -0.1) is 11.8 Å². The van der Waals surface area contributed by atoms with Crippen LogP contribution in [0.2, 0.25) is 0 Å². The van der Waals surface area contributed by atoms with Crippen LogP contribution in [0.4, 0.5) is 5.69 Å². The molecule has 2 aromatic carbocycles.